The molecule has 1 aliphatic carbocycles. The Morgan fingerprint density at radius 2 is 0.643 bits per heavy atom. The SMILES string of the molecule is O=C1c2nc3c(=O)c(=O)c(=O)c(=O)c3nc2C(=O)c2c1c(=O)c(=O)c(=O)c2=O. The van der Waals surface area contributed by atoms with E-state index in [1.165, 1.54) is 0 Å². The first kappa shape index (κ1) is 17.0. The van der Waals surface area contributed by atoms with Gasteiger partial charge in [0.05, 0.1) is 11.1 Å². The lowest BCUT2D eigenvalue weighted by atomic mass is 9.88. The van der Waals surface area contributed by atoms with E-state index in [9.17, 15) is 47.9 Å². The maximum atomic E-state index is 12.5. The lowest BCUT2D eigenvalue weighted by molar-refractivity contribution is 0.0970. The van der Waals surface area contributed by atoms with Crippen molar-refractivity contribution in [1.82, 2.24) is 9.97 Å². The van der Waals surface area contributed by atoms with Gasteiger partial charge in [0.15, 0.2) is 0 Å². The van der Waals surface area contributed by atoms with Crippen LogP contribution < -0.4 is 43.4 Å². The molecule has 0 fully saturated rings. The van der Waals surface area contributed by atoms with Gasteiger partial charge in [0, 0.05) is 0 Å². The van der Waals surface area contributed by atoms with E-state index < -0.39 is 88.5 Å². The van der Waals surface area contributed by atoms with E-state index >= 15 is 0 Å². The highest BCUT2D eigenvalue weighted by Crippen LogP contribution is 2.20. The molecular formula is C16N2O10. The summed E-state index contributed by atoms with van der Waals surface area (Å²) < 4.78 is 0. The van der Waals surface area contributed by atoms with Crippen LogP contribution in [0.15, 0.2) is 38.4 Å². The van der Waals surface area contributed by atoms with Crippen LogP contribution in [0.2, 0.25) is 0 Å². The van der Waals surface area contributed by atoms with Crippen molar-refractivity contribution in [2.75, 3.05) is 0 Å². The van der Waals surface area contributed by atoms with E-state index in [4.69, 9.17) is 0 Å². The fourth-order valence-corrected chi connectivity index (χ4v) is 2.82. The van der Waals surface area contributed by atoms with Gasteiger partial charge in [0.2, 0.25) is 22.4 Å². The summed E-state index contributed by atoms with van der Waals surface area (Å²) in [6, 6.07) is 0. The largest absolute Gasteiger partial charge is 0.287 e. The van der Waals surface area contributed by atoms with Crippen LogP contribution >= 0.6 is 0 Å². The number of ketones is 2. The number of benzene rings is 2. The highest BCUT2D eigenvalue weighted by atomic mass is 16.2. The zero-order valence-corrected chi connectivity index (χ0v) is 13.0. The molecule has 4 rings (SSSR count). The number of aromatic nitrogens is 2. The molecule has 1 heterocycles. The van der Waals surface area contributed by atoms with E-state index in [0.717, 1.165) is 0 Å². The highest BCUT2D eigenvalue weighted by Gasteiger charge is 2.39. The van der Waals surface area contributed by atoms with Crippen LogP contribution in [0.4, 0.5) is 0 Å². The molecule has 3 aromatic rings. The molecule has 2 aromatic carbocycles. The molecule has 1 aromatic heterocycles. The van der Waals surface area contributed by atoms with Gasteiger partial charge in [-0.3, -0.25) is 47.9 Å². The van der Waals surface area contributed by atoms with Gasteiger partial charge in [0.25, 0.3) is 32.6 Å². The van der Waals surface area contributed by atoms with E-state index in [1.54, 1.807) is 0 Å². The molecule has 0 unspecified atom stereocenters. The van der Waals surface area contributed by atoms with Gasteiger partial charge >= 0.3 is 0 Å². The van der Waals surface area contributed by atoms with E-state index in [-0.39, 0.29) is 0 Å². The van der Waals surface area contributed by atoms with E-state index in [0.29, 0.717) is 0 Å². The summed E-state index contributed by atoms with van der Waals surface area (Å²) in [5.41, 5.74) is -20.0. The molecule has 0 radical (unpaired) electrons. The average molecular weight is 380 g/mol. The number of carbonyl (C=O) groups is 2. The third-order valence-corrected chi connectivity index (χ3v) is 4.15. The van der Waals surface area contributed by atoms with Gasteiger partial charge < -0.3 is 0 Å². The van der Waals surface area contributed by atoms with Crippen LogP contribution in [-0.2, 0) is 0 Å². The topological polar surface area (TPSA) is 196 Å². The minimum atomic E-state index is -1.83. The van der Waals surface area contributed by atoms with Crippen molar-refractivity contribution in [2.24, 2.45) is 0 Å². The average Bonchev–Trinajstić information content (AvgIpc) is 2.68. The van der Waals surface area contributed by atoms with Crippen LogP contribution in [0.25, 0.3) is 11.0 Å². The van der Waals surface area contributed by atoms with Crippen LogP contribution in [0.3, 0.4) is 0 Å². The lowest BCUT2D eigenvalue weighted by Gasteiger charge is -2.13. The molecular weight excluding hydrogens is 380 g/mol. The molecule has 1 aliphatic rings. The van der Waals surface area contributed by atoms with Gasteiger partial charge in [-0.05, 0) is 0 Å². The van der Waals surface area contributed by atoms with Crippen molar-refractivity contribution >= 4 is 22.6 Å². The maximum absolute atomic E-state index is 12.5. The Kier molecular flexibility index (Phi) is 3.05. The van der Waals surface area contributed by atoms with Crippen molar-refractivity contribution in [1.29, 1.82) is 0 Å². The predicted octanol–water partition coefficient (Wildman–Crippen LogP) is -4.96. The molecule has 0 saturated heterocycles. The second kappa shape index (κ2) is 5.03. The highest BCUT2D eigenvalue weighted by molar-refractivity contribution is 6.27. The van der Waals surface area contributed by atoms with Crippen molar-refractivity contribution < 1.29 is 9.59 Å². The first-order chi connectivity index (χ1) is 13.1. The second-order valence-electron chi connectivity index (χ2n) is 5.66. The number of fused-ring (bicyclic) bond motifs is 3. The molecule has 0 bridgehead atoms. The Morgan fingerprint density at radius 3 is 0.964 bits per heavy atom. The van der Waals surface area contributed by atoms with Crippen molar-refractivity contribution in [3.8, 4) is 0 Å². The quantitative estimate of drug-likeness (QED) is 0.264. The summed E-state index contributed by atoms with van der Waals surface area (Å²) in [5, 5.41) is 0. The van der Waals surface area contributed by atoms with Crippen molar-refractivity contribution in [3.63, 3.8) is 0 Å². The molecule has 0 spiro atoms. The Bertz CT molecular complexity index is 1620. The summed E-state index contributed by atoms with van der Waals surface area (Å²) >= 11 is 0. The maximum Gasteiger partial charge on any atom is 0.279 e. The normalized spacial score (nSPS) is 12.9. The number of hydrogen-bond acceptors (Lipinski definition) is 12. The number of rotatable bonds is 0. The van der Waals surface area contributed by atoms with Crippen LogP contribution in [0.1, 0.15) is 32.1 Å². The van der Waals surface area contributed by atoms with Gasteiger partial charge in [-0.25, -0.2) is 9.97 Å². The summed E-state index contributed by atoms with van der Waals surface area (Å²) in [6.45, 7) is 0. The van der Waals surface area contributed by atoms with Crippen molar-refractivity contribution in [3.05, 3.63) is 104 Å². The summed E-state index contributed by atoms with van der Waals surface area (Å²) in [5.74, 6) is -2.94. The smallest absolute Gasteiger partial charge is 0.279 e. The predicted molar refractivity (Wildman–Crippen MR) is 87.7 cm³/mol. The second-order valence-corrected chi connectivity index (χ2v) is 5.66. The monoisotopic (exact) mass is 380 g/mol. The Balaban J connectivity index is 2.28. The molecule has 134 valence electrons. The Hall–Kier alpha value is -4.48. The van der Waals surface area contributed by atoms with Gasteiger partial charge in [-0.15, -0.1) is 0 Å². The van der Waals surface area contributed by atoms with Crippen LogP contribution in [0.5, 0.6) is 0 Å². The Labute approximate surface area is 147 Å². The molecule has 0 N–H and O–H groups in total. The summed E-state index contributed by atoms with van der Waals surface area (Å²) in [6.07, 6.45) is 0. The Morgan fingerprint density at radius 1 is 0.357 bits per heavy atom. The summed E-state index contributed by atoms with van der Waals surface area (Å²) in [4.78, 5) is 126. The first-order valence-corrected chi connectivity index (χ1v) is 7.19. The number of carbonyl (C=O) groups excluding carboxylic acids is 2. The lowest BCUT2D eigenvalue weighted by Crippen LogP contribution is -2.53. The standard InChI is InChI=1S/C16N2O10/c19-7-1-2(10(22)14(26)13(25)9(1)21)8(20)4-3(7)17-5-6(18-4)12(24)16(28)15(27)11(5)23. The minimum Gasteiger partial charge on any atom is -0.287 e. The zero-order valence-electron chi connectivity index (χ0n) is 13.0. The molecule has 0 aliphatic heterocycles. The van der Waals surface area contributed by atoms with Crippen molar-refractivity contribution in [2.45, 2.75) is 0 Å². The summed E-state index contributed by atoms with van der Waals surface area (Å²) in [7, 11) is 0. The third-order valence-electron chi connectivity index (χ3n) is 4.15. The van der Waals surface area contributed by atoms with Crippen LogP contribution in [0, 0.1) is 0 Å². The molecule has 28 heavy (non-hydrogen) atoms. The fourth-order valence-electron chi connectivity index (χ4n) is 2.82. The van der Waals surface area contributed by atoms with Gasteiger partial charge in [0.1, 0.15) is 22.4 Å². The third kappa shape index (κ3) is 1.77. The molecule has 0 amide bonds. The number of nitrogens with zero attached hydrogens (tertiary/aromatic N) is 2. The van der Waals surface area contributed by atoms with Crippen LogP contribution in [-0.4, -0.2) is 21.5 Å². The number of hydrogen-bond donors (Lipinski definition) is 0. The molecule has 0 saturated carbocycles. The molecule has 12 heteroatoms. The van der Waals surface area contributed by atoms with Gasteiger partial charge in [-0.2, -0.15) is 0 Å². The molecule has 0 atom stereocenters. The first-order valence-electron chi connectivity index (χ1n) is 7.19. The zero-order chi connectivity index (χ0) is 20.7. The van der Waals surface area contributed by atoms with E-state index in [1.807, 2.05) is 0 Å². The van der Waals surface area contributed by atoms with E-state index in [2.05, 4.69) is 9.97 Å². The molecule has 12 nitrogen and oxygen atoms in total. The fraction of sp³-hybridized carbons (Fsp3) is 0. The minimum absolute atomic E-state index is 0.978. The van der Waals surface area contributed by atoms with Gasteiger partial charge in [-0.1, -0.05) is 0 Å².